The monoisotopic (exact) mass is 235 g/mol. The van der Waals surface area contributed by atoms with Crippen molar-refractivity contribution in [3.8, 4) is 11.5 Å². The second kappa shape index (κ2) is 4.65. The summed E-state index contributed by atoms with van der Waals surface area (Å²) in [5.41, 5.74) is 1.15. The molecule has 0 N–H and O–H groups in total. The summed E-state index contributed by atoms with van der Waals surface area (Å²) < 4.78 is 10.6. The molecule has 0 saturated carbocycles. The van der Waals surface area contributed by atoms with E-state index in [-0.39, 0.29) is 11.9 Å². The standard InChI is InChI=1S/C13H17NO3/c1-9(14(3)10(2)15)6-11-4-5-12-13(7-11)17-8-16-12/h4-5,7,9H,6,8H2,1-3H3/t9-/m0/s1. The van der Waals surface area contributed by atoms with Crippen LogP contribution in [0, 0.1) is 0 Å². The lowest BCUT2D eigenvalue weighted by atomic mass is 10.1. The number of amides is 1. The number of carbonyl (C=O) groups excluding carboxylic acids is 1. The maximum absolute atomic E-state index is 11.2. The van der Waals surface area contributed by atoms with Gasteiger partial charge in [-0.1, -0.05) is 6.07 Å². The number of hydrogen-bond acceptors (Lipinski definition) is 3. The van der Waals surface area contributed by atoms with Crippen LogP contribution in [0.5, 0.6) is 11.5 Å². The molecule has 0 aromatic heterocycles. The summed E-state index contributed by atoms with van der Waals surface area (Å²) in [5, 5.41) is 0. The Hall–Kier alpha value is -1.71. The van der Waals surface area contributed by atoms with Crippen LogP contribution in [0.15, 0.2) is 18.2 Å². The molecule has 2 rings (SSSR count). The second-order valence-corrected chi connectivity index (χ2v) is 4.37. The Morgan fingerprint density at radius 2 is 2.12 bits per heavy atom. The first-order valence-electron chi connectivity index (χ1n) is 5.70. The van der Waals surface area contributed by atoms with Crippen LogP contribution in [0.1, 0.15) is 19.4 Å². The molecular formula is C13H17NO3. The SMILES string of the molecule is CC(=O)N(C)[C@@H](C)Cc1ccc2c(c1)OCO2. The van der Waals surface area contributed by atoms with E-state index in [1.165, 1.54) is 0 Å². The zero-order valence-electron chi connectivity index (χ0n) is 10.4. The minimum Gasteiger partial charge on any atom is -0.454 e. The Balaban J connectivity index is 2.06. The van der Waals surface area contributed by atoms with E-state index in [0.29, 0.717) is 6.79 Å². The first-order valence-corrected chi connectivity index (χ1v) is 5.70. The zero-order chi connectivity index (χ0) is 12.4. The van der Waals surface area contributed by atoms with Crippen molar-refractivity contribution in [2.24, 2.45) is 0 Å². The van der Waals surface area contributed by atoms with Crippen molar-refractivity contribution in [1.29, 1.82) is 0 Å². The molecule has 0 fully saturated rings. The Kier molecular flexibility index (Phi) is 3.22. The average molecular weight is 235 g/mol. The predicted octanol–water partition coefficient (Wildman–Crippen LogP) is 1.82. The van der Waals surface area contributed by atoms with Gasteiger partial charge in [0.05, 0.1) is 0 Å². The van der Waals surface area contributed by atoms with Crippen LogP contribution in [0.2, 0.25) is 0 Å². The molecule has 1 heterocycles. The molecule has 1 amide bonds. The first-order chi connectivity index (χ1) is 8.08. The van der Waals surface area contributed by atoms with Crippen LogP contribution in [-0.2, 0) is 11.2 Å². The number of hydrogen-bond donors (Lipinski definition) is 0. The molecule has 0 unspecified atom stereocenters. The van der Waals surface area contributed by atoms with E-state index >= 15 is 0 Å². The molecule has 1 aromatic carbocycles. The predicted molar refractivity (Wildman–Crippen MR) is 64.2 cm³/mol. The van der Waals surface area contributed by atoms with Gasteiger partial charge in [0.15, 0.2) is 11.5 Å². The number of nitrogens with zero attached hydrogens (tertiary/aromatic N) is 1. The van der Waals surface area contributed by atoms with Gasteiger partial charge < -0.3 is 14.4 Å². The summed E-state index contributed by atoms with van der Waals surface area (Å²) >= 11 is 0. The van der Waals surface area contributed by atoms with Gasteiger partial charge in [-0.2, -0.15) is 0 Å². The van der Waals surface area contributed by atoms with Crippen molar-refractivity contribution in [1.82, 2.24) is 4.90 Å². The van der Waals surface area contributed by atoms with Gasteiger partial charge in [-0.15, -0.1) is 0 Å². The van der Waals surface area contributed by atoms with Gasteiger partial charge in [0.25, 0.3) is 0 Å². The van der Waals surface area contributed by atoms with E-state index in [9.17, 15) is 4.79 Å². The smallest absolute Gasteiger partial charge is 0.231 e. The molecule has 0 radical (unpaired) electrons. The molecule has 1 aromatic rings. The maximum atomic E-state index is 11.2. The minimum atomic E-state index is 0.0817. The summed E-state index contributed by atoms with van der Waals surface area (Å²) in [6.07, 6.45) is 0.812. The number of rotatable bonds is 3. The quantitative estimate of drug-likeness (QED) is 0.802. The zero-order valence-corrected chi connectivity index (χ0v) is 10.4. The highest BCUT2D eigenvalue weighted by Crippen LogP contribution is 2.32. The largest absolute Gasteiger partial charge is 0.454 e. The molecule has 1 aliphatic rings. The summed E-state index contributed by atoms with van der Waals surface area (Å²) in [4.78, 5) is 13.0. The van der Waals surface area contributed by atoms with Crippen molar-refractivity contribution in [2.45, 2.75) is 26.3 Å². The Morgan fingerprint density at radius 3 is 2.82 bits per heavy atom. The number of ether oxygens (including phenoxy) is 2. The first kappa shape index (κ1) is 11.8. The van der Waals surface area contributed by atoms with Crippen LogP contribution in [0.4, 0.5) is 0 Å². The molecule has 4 nitrogen and oxygen atoms in total. The summed E-state index contributed by atoms with van der Waals surface area (Å²) in [5.74, 6) is 1.67. The van der Waals surface area contributed by atoms with Crippen molar-refractivity contribution in [3.63, 3.8) is 0 Å². The highest BCUT2D eigenvalue weighted by atomic mass is 16.7. The molecular weight excluding hydrogens is 218 g/mol. The van der Waals surface area contributed by atoms with Gasteiger partial charge in [-0.25, -0.2) is 0 Å². The van der Waals surface area contributed by atoms with Crippen molar-refractivity contribution in [3.05, 3.63) is 23.8 Å². The van der Waals surface area contributed by atoms with Crippen molar-refractivity contribution in [2.75, 3.05) is 13.8 Å². The molecule has 1 aliphatic heterocycles. The fourth-order valence-corrected chi connectivity index (χ4v) is 1.86. The normalized spacial score (nSPS) is 14.5. The molecule has 0 bridgehead atoms. The average Bonchev–Trinajstić information content (AvgIpc) is 2.74. The number of carbonyl (C=O) groups is 1. The number of likely N-dealkylation sites (N-methyl/N-ethyl adjacent to an activating group) is 1. The highest BCUT2D eigenvalue weighted by molar-refractivity contribution is 5.73. The minimum absolute atomic E-state index is 0.0817. The van der Waals surface area contributed by atoms with E-state index in [1.54, 1.807) is 11.8 Å². The molecule has 0 spiro atoms. The van der Waals surface area contributed by atoms with Gasteiger partial charge in [0, 0.05) is 20.0 Å². The summed E-state index contributed by atoms with van der Waals surface area (Å²) in [6, 6.07) is 6.08. The Bertz CT molecular complexity index is 431. The van der Waals surface area contributed by atoms with Crippen LogP contribution >= 0.6 is 0 Å². The van der Waals surface area contributed by atoms with Crippen LogP contribution < -0.4 is 9.47 Å². The third-order valence-electron chi connectivity index (χ3n) is 3.13. The topological polar surface area (TPSA) is 38.8 Å². The lowest BCUT2D eigenvalue weighted by molar-refractivity contribution is -0.129. The molecule has 4 heteroatoms. The third kappa shape index (κ3) is 2.52. The van der Waals surface area contributed by atoms with Crippen LogP contribution in [0.3, 0.4) is 0 Å². The maximum Gasteiger partial charge on any atom is 0.231 e. The summed E-state index contributed by atoms with van der Waals surface area (Å²) in [6.45, 7) is 3.91. The van der Waals surface area contributed by atoms with Crippen molar-refractivity contribution < 1.29 is 14.3 Å². The van der Waals surface area contributed by atoms with E-state index in [0.717, 1.165) is 23.5 Å². The third-order valence-corrected chi connectivity index (χ3v) is 3.13. The van der Waals surface area contributed by atoms with E-state index in [2.05, 4.69) is 0 Å². The van der Waals surface area contributed by atoms with E-state index in [4.69, 9.17) is 9.47 Å². The fourth-order valence-electron chi connectivity index (χ4n) is 1.86. The number of benzene rings is 1. The highest BCUT2D eigenvalue weighted by Gasteiger charge is 2.16. The van der Waals surface area contributed by atoms with E-state index < -0.39 is 0 Å². The van der Waals surface area contributed by atoms with E-state index in [1.807, 2.05) is 32.2 Å². The van der Waals surface area contributed by atoms with Gasteiger partial charge in [0.1, 0.15) is 0 Å². The van der Waals surface area contributed by atoms with Gasteiger partial charge in [-0.05, 0) is 31.0 Å². The molecule has 92 valence electrons. The van der Waals surface area contributed by atoms with Crippen LogP contribution in [-0.4, -0.2) is 30.7 Å². The Labute approximate surface area is 101 Å². The van der Waals surface area contributed by atoms with Gasteiger partial charge in [0.2, 0.25) is 12.7 Å². The second-order valence-electron chi connectivity index (χ2n) is 4.37. The lowest BCUT2D eigenvalue weighted by Gasteiger charge is -2.23. The fraction of sp³-hybridized carbons (Fsp3) is 0.462. The van der Waals surface area contributed by atoms with Crippen LogP contribution in [0.25, 0.3) is 0 Å². The van der Waals surface area contributed by atoms with Gasteiger partial charge >= 0.3 is 0 Å². The number of fused-ring (bicyclic) bond motifs is 1. The molecule has 0 aliphatic carbocycles. The Morgan fingerprint density at radius 1 is 1.41 bits per heavy atom. The van der Waals surface area contributed by atoms with Gasteiger partial charge in [-0.3, -0.25) is 4.79 Å². The molecule has 0 saturated heterocycles. The van der Waals surface area contributed by atoms with Crippen molar-refractivity contribution >= 4 is 5.91 Å². The molecule has 17 heavy (non-hydrogen) atoms. The molecule has 1 atom stereocenters. The summed E-state index contributed by atoms with van der Waals surface area (Å²) in [7, 11) is 1.82. The lowest BCUT2D eigenvalue weighted by Crippen LogP contribution is -2.34.